The van der Waals surface area contributed by atoms with Crippen LogP contribution in [0.4, 0.5) is 0 Å². The maximum absolute atomic E-state index is 8.91. The normalized spacial score (nSPS) is 10.8. The van der Waals surface area contributed by atoms with Crippen molar-refractivity contribution in [2.24, 2.45) is 0 Å². The van der Waals surface area contributed by atoms with Crippen LogP contribution in [0.2, 0.25) is 0 Å². The number of benzene rings is 1. The zero-order valence-corrected chi connectivity index (χ0v) is 9.09. The number of ether oxygens (including phenoxy) is 1. The van der Waals surface area contributed by atoms with Gasteiger partial charge in [0.1, 0.15) is 17.4 Å². The smallest absolute Gasteiger partial charge is 0.137 e. The van der Waals surface area contributed by atoms with E-state index in [1.54, 1.807) is 0 Å². The van der Waals surface area contributed by atoms with E-state index >= 15 is 0 Å². The molecule has 0 radical (unpaired) electrons. The molecule has 14 heavy (non-hydrogen) atoms. The third-order valence-corrected chi connectivity index (χ3v) is 1.67. The van der Waals surface area contributed by atoms with Crippen molar-refractivity contribution in [3.05, 3.63) is 29.3 Å². The molecule has 0 aliphatic heterocycles. The molecule has 1 aromatic rings. The van der Waals surface area contributed by atoms with Crippen LogP contribution in [0.25, 0.3) is 0 Å². The van der Waals surface area contributed by atoms with Gasteiger partial charge in [0.25, 0.3) is 0 Å². The molecule has 0 fully saturated rings. The molecule has 0 saturated heterocycles. The molecule has 0 bridgehead atoms. The van der Waals surface area contributed by atoms with Crippen molar-refractivity contribution in [2.45, 2.75) is 33.3 Å². The summed E-state index contributed by atoms with van der Waals surface area (Å²) in [7, 11) is 0. The second-order valence-corrected chi connectivity index (χ2v) is 4.33. The van der Waals surface area contributed by atoms with Gasteiger partial charge in [-0.1, -0.05) is 6.07 Å². The summed E-state index contributed by atoms with van der Waals surface area (Å²) in [5.41, 5.74) is 1.41. The number of nitrogens with zero attached hydrogens (tertiary/aromatic N) is 1. The Hall–Kier alpha value is -1.49. The molecule has 0 amide bonds. The van der Waals surface area contributed by atoms with Crippen LogP contribution in [0.5, 0.6) is 5.75 Å². The fourth-order valence-electron chi connectivity index (χ4n) is 1.15. The van der Waals surface area contributed by atoms with Crippen LogP contribution in [-0.2, 0) is 0 Å². The molecule has 0 atom stereocenters. The van der Waals surface area contributed by atoms with Gasteiger partial charge >= 0.3 is 0 Å². The van der Waals surface area contributed by atoms with Gasteiger partial charge in [0.2, 0.25) is 0 Å². The van der Waals surface area contributed by atoms with Gasteiger partial charge in [-0.3, -0.25) is 0 Å². The van der Waals surface area contributed by atoms with Crippen molar-refractivity contribution >= 4 is 0 Å². The molecular formula is C12H15NO. The highest BCUT2D eigenvalue weighted by molar-refractivity contribution is 5.45. The summed E-state index contributed by atoms with van der Waals surface area (Å²) in [6.07, 6.45) is 0. The molecular weight excluding hydrogens is 174 g/mol. The van der Waals surface area contributed by atoms with E-state index < -0.39 is 0 Å². The lowest BCUT2D eigenvalue weighted by molar-refractivity contribution is 0.130. The van der Waals surface area contributed by atoms with Gasteiger partial charge in [-0.2, -0.15) is 5.26 Å². The molecule has 0 spiro atoms. The maximum atomic E-state index is 8.91. The molecule has 74 valence electrons. The zero-order valence-electron chi connectivity index (χ0n) is 9.09. The summed E-state index contributed by atoms with van der Waals surface area (Å²) >= 11 is 0. The molecule has 0 aliphatic carbocycles. The van der Waals surface area contributed by atoms with E-state index in [9.17, 15) is 0 Å². The Morgan fingerprint density at radius 1 is 1.29 bits per heavy atom. The fourth-order valence-corrected chi connectivity index (χ4v) is 1.15. The summed E-state index contributed by atoms with van der Waals surface area (Å²) in [6, 6.07) is 7.76. The minimum absolute atomic E-state index is 0.263. The Morgan fingerprint density at radius 2 is 1.93 bits per heavy atom. The maximum Gasteiger partial charge on any atom is 0.137 e. The molecule has 1 aromatic carbocycles. The lowest BCUT2D eigenvalue weighted by Gasteiger charge is -2.22. The monoisotopic (exact) mass is 189 g/mol. The van der Waals surface area contributed by atoms with Gasteiger partial charge in [0.15, 0.2) is 0 Å². The van der Waals surface area contributed by atoms with Crippen LogP contribution in [0, 0.1) is 18.3 Å². The van der Waals surface area contributed by atoms with Gasteiger partial charge < -0.3 is 4.74 Å². The van der Waals surface area contributed by atoms with Crippen LogP contribution in [-0.4, -0.2) is 5.60 Å². The number of rotatable bonds is 1. The number of hydrogen-bond acceptors (Lipinski definition) is 2. The van der Waals surface area contributed by atoms with E-state index in [0.29, 0.717) is 11.3 Å². The first-order valence-corrected chi connectivity index (χ1v) is 4.62. The fraction of sp³-hybridized carbons (Fsp3) is 0.417. The summed E-state index contributed by atoms with van der Waals surface area (Å²) in [5.74, 6) is 0.658. The van der Waals surface area contributed by atoms with Crippen molar-refractivity contribution in [1.29, 1.82) is 5.26 Å². The van der Waals surface area contributed by atoms with E-state index in [-0.39, 0.29) is 5.60 Å². The highest BCUT2D eigenvalue weighted by Crippen LogP contribution is 2.23. The minimum Gasteiger partial charge on any atom is -0.487 e. The highest BCUT2D eigenvalue weighted by Gasteiger charge is 2.14. The molecule has 1 rings (SSSR count). The van der Waals surface area contributed by atoms with Crippen molar-refractivity contribution in [2.75, 3.05) is 0 Å². The quantitative estimate of drug-likeness (QED) is 0.680. The lowest BCUT2D eigenvalue weighted by atomic mass is 10.1. The van der Waals surface area contributed by atoms with Gasteiger partial charge in [-0.05, 0) is 45.4 Å². The van der Waals surface area contributed by atoms with Crippen molar-refractivity contribution < 1.29 is 4.74 Å². The van der Waals surface area contributed by atoms with Gasteiger partial charge in [0.05, 0.1) is 5.56 Å². The molecule has 0 unspecified atom stereocenters. The molecule has 0 heterocycles. The van der Waals surface area contributed by atoms with Crippen molar-refractivity contribution in [3.8, 4) is 11.8 Å². The highest BCUT2D eigenvalue weighted by atomic mass is 16.5. The van der Waals surface area contributed by atoms with Crippen LogP contribution in [0.3, 0.4) is 0 Å². The lowest BCUT2D eigenvalue weighted by Crippen LogP contribution is -2.23. The number of hydrogen-bond donors (Lipinski definition) is 0. The summed E-state index contributed by atoms with van der Waals surface area (Å²) in [6.45, 7) is 7.86. The minimum atomic E-state index is -0.263. The Balaban J connectivity index is 3.05. The summed E-state index contributed by atoms with van der Waals surface area (Å²) in [5, 5.41) is 8.91. The Labute approximate surface area is 85.1 Å². The molecule has 2 heteroatoms. The van der Waals surface area contributed by atoms with Gasteiger partial charge in [-0.25, -0.2) is 0 Å². The van der Waals surface area contributed by atoms with Gasteiger partial charge in [0, 0.05) is 0 Å². The van der Waals surface area contributed by atoms with Crippen LogP contribution < -0.4 is 4.74 Å². The topological polar surface area (TPSA) is 33.0 Å². The molecule has 0 N–H and O–H groups in total. The number of nitriles is 1. The molecule has 0 aromatic heterocycles. The average Bonchev–Trinajstić information content (AvgIpc) is 2.06. The molecule has 0 aliphatic rings. The largest absolute Gasteiger partial charge is 0.487 e. The van der Waals surface area contributed by atoms with E-state index in [4.69, 9.17) is 10.00 Å². The SMILES string of the molecule is Cc1ccc(OC(C)(C)C)c(C#N)c1. The first kappa shape index (κ1) is 10.6. The summed E-state index contributed by atoms with van der Waals surface area (Å²) in [4.78, 5) is 0. The Bertz CT molecular complexity index is 369. The number of aryl methyl sites for hydroxylation is 1. The van der Waals surface area contributed by atoms with E-state index in [0.717, 1.165) is 5.56 Å². The van der Waals surface area contributed by atoms with Crippen molar-refractivity contribution in [3.63, 3.8) is 0 Å². The first-order valence-electron chi connectivity index (χ1n) is 4.62. The third kappa shape index (κ3) is 2.77. The summed E-state index contributed by atoms with van der Waals surface area (Å²) < 4.78 is 5.66. The van der Waals surface area contributed by atoms with Crippen LogP contribution >= 0.6 is 0 Å². The zero-order chi connectivity index (χ0) is 10.8. The standard InChI is InChI=1S/C12H15NO/c1-9-5-6-11(10(7-9)8-13)14-12(2,3)4/h5-7H,1-4H3. The second kappa shape index (κ2) is 3.71. The second-order valence-electron chi connectivity index (χ2n) is 4.33. The van der Waals surface area contributed by atoms with Crippen molar-refractivity contribution in [1.82, 2.24) is 0 Å². The third-order valence-electron chi connectivity index (χ3n) is 1.67. The van der Waals surface area contributed by atoms with E-state index in [2.05, 4.69) is 6.07 Å². The molecule has 2 nitrogen and oxygen atoms in total. The Kier molecular flexibility index (Phi) is 2.81. The van der Waals surface area contributed by atoms with E-state index in [1.165, 1.54) is 0 Å². The molecule has 0 saturated carbocycles. The van der Waals surface area contributed by atoms with Crippen LogP contribution in [0.1, 0.15) is 31.9 Å². The Morgan fingerprint density at radius 3 is 2.43 bits per heavy atom. The predicted octanol–water partition coefficient (Wildman–Crippen LogP) is 3.04. The predicted molar refractivity (Wildman–Crippen MR) is 56.3 cm³/mol. The first-order chi connectivity index (χ1) is 6.42. The van der Waals surface area contributed by atoms with Crippen LogP contribution in [0.15, 0.2) is 18.2 Å². The average molecular weight is 189 g/mol. The van der Waals surface area contributed by atoms with Gasteiger partial charge in [-0.15, -0.1) is 0 Å². The van der Waals surface area contributed by atoms with E-state index in [1.807, 2.05) is 45.9 Å².